The van der Waals surface area contributed by atoms with Gasteiger partial charge in [-0.25, -0.2) is 13.2 Å². The predicted octanol–water partition coefficient (Wildman–Crippen LogP) is 2.28. The number of aliphatic hydroxyl groups excluding tert-OH is 1. The van der Waals surface area contributed by atoms with Gasteiger partial charge in [0.05, 0.1) is 30.6 Å². The highest BCUT2D eigenvalue weighted by Crippen LogP contribution is 2.25. The molecule has 1 aromatic rings. The molecule has 1 fully saturated rings. The third kappa shape index (κ3) is 7.26. The van der Waals surface area contributed by atoms with E-state index in [0.717, 1.165) is 18.4 Å². The van der Waals surface area contributed by atoms with Crippen molar-refractivity contribution >= 4 is 27.6 Å². The van der Waals surface area contributed by atoms with Crippen molar-refractivity contribution in [2.75, 3.05) is 30.4 Å². The van der Waals surface area contributed by atoms with Gasteiger partial charge in [-0.05, 0) is 51.0 Å². The molecule has 1 aliphatic heterocycles. The summed E-state index contributed by atoms with van der Waals surface area (Å²) >= 11 is 0. The number of benzene rings is 1. The molecular formula is C22H29NO7S. The maximum Gasteiger partial charge on any atom is 0.414 e. The van der Waals surface area contributed by atoms with Gasteiger partial charge in [0.25, 0.3) is 0 Å². The van der Waals surface area contributed by atoms with Crippen LogP contribution in [-0.2, 0) is 24.1 Å². The summed E-state index contributed by atoms with van der Waals surface area (Å²) in [5.74, 6) is 5.14. The Morgan fingerprint density at radius 1 is 1.32 bits per heavy atom. The molecule has 1 amide bonds. The minimum atomic E-state index is -3.65. The fraction of sp³-hybridized carbons (Fsp3) is 0.545. The number of amides is 1. The fourth-order valence-electron chi connectivity index (χ4n) is 3.03. The number of aliphatic hydroxyl groups is 1. The first kappa shape index (κ1) is 24.7. The number of unbranched alkanes of at least 4 members (excludes halogenated alkanes) is 2. The van der Waals surface area contributed by atoms with Gasteiger partial charge in [0.2, 0.25) is 0 Å². The number of hydrogen-bond donors (Lipinski definition) is 1. The van der Waals surface area contributed by atoms with Crippen LogP contribution in [0.15, 0.2) is 24.3 Å². The van der Waals surface area contributed by atoms with E-state index in [9.17, 15) is 18.0 Å². The van der Waals surface area contributed by atoms with E-state index in [2.05, 4.69) is 11.8 Å². The molecule has 0 radical (unpaired) electrons. The average Bonchev–Trinajstić information content (AvgIpc) is 3.14. The Hall–Kier alpha value is -2.57. The molecule has 0 aromatic heterocycles. The van der Waals surface area contributed by atoms with Crippen LogP contribution in [0.4, 0.5) is 10.5 Å². The summed E-state index contributed by atoms with van der Waals surface area (Å²) < 4.78 is 35.2. The molecule has 1 heterocycles. The molecule has 1 aliphatic rings. The van der Waals surface area contributed by atoms with E-state index in [1.165, 1.54) is 11.8 Å². The largest absolute Gasteiger partial charge is 0.466 e. The Bertz CT molecular complexity index is 915. The van der Waals surface area contributed by atoms with Crippen LogP contribution in [0.2, 0.25) is 0 Å². The summed E-state index contributed by atoms with van der Waals surface area (Å²) in [5.41, 5.74) is 1.39. The molecule has 9 heteroatoms. The molecule has 0 aliphatic carbocycles. The predicted molar refractivity (Wildman–Crippen MR) is 116 cm³/mol. The summed E-state index contributed by atoms with van der Waals surface area (Å²) in [6.45, 7) is 3.59. The lowest BCUT2D eigenvalue weighted by Gasteiger charge is -2.18. The molecule has 0 saturated carbocycles. The van der Waals surface area contributed by atoms with E-state index in [4.69, 9.17) is 14.6 Å². The molecule has 8 nitrogen and oxygen atoms in total. The highest BCUT2D eigenvalue weighted by atomic mass is 32.2. The molecule has 2 rings (SSSR count). The van der Waals surface area contributed by atoms with Crippen LogP contribution >= 0.6 is 0 Å². The number of carbonyl (C=O) groups is 2. The van der Waals surface area contributed by atoms with E-state index in [1.54, 1.807) is 31.2 Å². The van der Waals surface area contributed by atoms with Gasteiger partial charge >= 0.3 is 12.1 Å². The maximum absolute atomic E-state index is 12.5. The second kappa shape index (κ2) is 11.7. The van der Waals surface area contributed by atoms with Gasteiger partial charge < -0.3 is 14.6 Å². The summed E-state index contributed by atoms with van der Waals surface area (Å²) in [5, 5.41) is 7.82. The van der Waals surface area contributed by atoms with Gasteiger partial charge in [-0.15, -0.1) is 0 Å². The van der Waals surface area contributed by atoms with Gasteiger partial charge in [-0.2, -0.15) is 0 Å². The van der Waals surface area contributed by atoms with Crippen LogP contribution in [0.25, 0.3) is 0 Å². The number of sulfone groups is 1. The van der Waals surface area contributed by atoms with Crippen molar-refractivity contribution in [2.24, 2.45) is 0 Å². The zero-order chi connectivity index (χ0) is 22.9. The van der Waals surface area contributed by atoms with Crippen molar-refractivity contribution in [2.45, 2.75) is 50.9 Å². The molecule has 0 unspecified atom stereocenters. The van der Waals surface area contributed by atoms with E-state index in [0.29, 0.717) is 12.1 Å². The summed E-state index contributed by atoms with van der Waals surface area (Å²) in [7, 11) is -3.65. The van der Waals surface area contributed by atoms with Gasteiger partial charge in [0.15, 0.2) is 9.84 Å². The van der Waals surface area contributed by atoms with Crippen LogP contribution in [0.5, 0.6) is 0 Å². The van der Waals surface area contributed by atoms with Crippen LogP contribution in [0.1, 0.15) is 45.1 Å². The third-order valence-corrected chi connectivity index (χ3v) is 7.15. The summed E-state index contributed by atoms with van der Waals surface area (Å²) in [6, 6.07) is 7.05. The zero-order valence-corrected chi connectivity index (χ0v) is 18.7. The van der Waals surface area contributed by atoms with Crippen molar-refractivity contribution < 1.29 is 32.6 Å². The Labute approximate surface area is 183 Å². The fourth-order valence-corrected chi connectivity index (χ4v) is 4.46. The van der Waals surface area contributed by atoms with E-state index in [1.807, 2.05) is 0 Å². The zero-order valence-electron chi connectivity index (χ0n) is 17.9. The number of cyclic esters (lactones) is 1. The average molecular weight is 452 g/mol. The number of ether oxygens (including phenoxy) is 2. The monoisotopic (exact) mass is 451 g/mol. The van der Waals surface area contributed by atoms with Gasteiger partial charge in [0.1, 0.15) is 6.10 Å². The number of esters is 1. The van der Waals surface area contributed by atoms with Gasteiger partial charge in [-0.3, -0.25) is 9.69 Å². The molecule has 2 atom stereocenters. The summed E-state index contributed by atoms with van der Waals surface area (Å²) in [6.07, 6.45) is 0.593. The van der Waals surface area contributed by atoms with Gasteiger partial charge in [-0.1, -0.05) is 11.8 Å². The lowest BCUT2D eigenvalue weighted by molar-refractivity contribution is -0.142. The molecule has 1 N–H and O–H groups in total. The Kier molecular flexibility index (Phi) is 9.34. The number of rotatable bonds is 10. The van der Waals surface area contributed by atoms with Crippen molar-refractivity contribution in [3.05, 3.63) is 29.8 Å². The van der Waals surface area contributed by atoms with Crippen LogP contribution < -0.4 is 4.90 Å². The normalized spacial score (nSPS) is 16.9. The molecule has 1 saturated heterocycles. The SMILES string of the molecule is CCOC(=O)CCS(=O)(=O)[C@H](C)[C@@H]1CN(c2ccc(C#CCCCCO)cc2)C(=O)O1. The Morgan fingerprint density at radius 3 is 2.68 bits per heavy atom. The highest BCUT2D eigenvalue weighted by molar-refractivity contribution is 7.92. The Morgan fingerprint density at radius 2 is 2.03 bits per heavy atom. The van der Waals surface area contributed by atoms with Crippen LogP contribution in [0.3, 0.4) is 0 Å². The maximum atomic E-state index is 12.5. The minimum absolute atomic E-state index is 0.102. The van der Waals surface area contributed by atoms with E-state index >= 15 is 0 Å². The van der Waals surface area contributed by atoms with E-state index < -0.39 is 33.3 Å². The molecule has 0 bridgehead atoms. The van der Waals surface area contributed by atoms with Crippen molar-refractivity contribution in [3.8, 4) is 11.8 Å². The third-order valence-electron chi connectivity index (χ3n) is 4.94. The molecule has 0 spiro atoms. The Balaban J connectivity index is 1.97. The number of anilines is 1. The first-order valence-corrected chi connectivity index (χ1v) is 12.0. The molecule has 31 heavy (non-hydrogen) atoms. The number of carbonyl (C=O) groups excluding carboxylic acids is 2. The first-order valence-electron chi connectivity index (χ1n) is 10.3. The van der Waals surface area contributed by atoms with Crippen molar-refractivity contribution in [1.29, 1.82) is 0 Å². The second-order valence-electron chi connectivity index (χ2n) is 7.19. The molecular weight excluding hydrogens is 422 g/mol. The lowest BCUT2D eigenvalue weighted by atomic mass is 10.1. The molecule has 170 valence electrons. The standard InChI is InChI=1S/C22H29NO7S/c1-3-29-21(25)13-15-31(27,28)17(2)20-16-23(22(26)30-20)19-11-9-18(10-12-19)8-6-4-5-7-14-24/h9-12,17,20,24H,3-5,7,13-16H2,1-2H3/t17-,20+/m1/s1. The quantitative estimate of drug-likeness (QED) is 0.330. The van der Waals surface area contributed by atoms with E-state index in [-0.39, 0.29) is 31.9 Å². The topological polar surface area (TPSA) is 110 Å². The van der Waals surface area contributed by atoms with Gasteiger partial charge in [0, 0.05) is 24.3 Å². The number of nitrogens with zero attached hydrogens (tertiary/aromatic N) is 1. The van der Waals surface area contributed by atoms with Crippen LogP contribution in [-0.4, -0.2) is 62.5 Å². The molecule has 1 aromatic carbocycles. The smallest absolute Gasteiger partial charge is 0.414 e. The lowest BCUT2D eigenvalue weighted by Crippen LogP contribution is -2.36. The minimum Gasteiger partial charge on any atom is -0.466 e. The second-order valence-corrected chi connectivity index (χ2v) is 9.67. The summed E-state index contributed by atoms with van der Waals surface area (Å²) in [4.78, 5) is 25.2. The first-order chi connectivity index (χ1) is 14.8. The number of hydrogen-bond acceptors (Lipinski definition) is 7. The van der Waals surface area contributed by atoms with Crippen LogP contribution in [0, 0.1) is 11.8 Å². The van der Waals surface area contributed by atoms with Crippen molar-refractivity contribution in [3.63, 3.8) is 0 Å². The highest BCUT2D eigenvalue weighted by Gasteiger charge is 2.40. The van der Waals surface area contributed by atoms with Crippen molar-refractivity contribution in [1.82, 2.24) is 0 Å².